The molecule has 0 amide bonds. The van der Waals surface area contributed by atoms with Gasteiger partial charge in [-0.25, -0.2) is 0 Å². The third-order valence-electron chi connectivity index (χ3n) is 3.12. The molecule has 3 N–H and O–H groups in total. The summed E-state index contributed by atoms with van der Waals surface area (Å²) in [4.78, 5) is 0. The van der Waals surface area contributed by atoms with E-state index < -0.39 is 0 Å². The van der Waals surface area contributed by atoms with Crippen LogP contribution in [0.3, 0.4) is 0 Å². The molecule has 0 saturated carbocycles. The molecule has 0 radical (unpaired) electrons. The van der Waals surface area contributed by atoms with E-state index in [0.29, 0.717) is 6.04 Å². The maximum absolute atomic E-state index is 6.13. The lowest BCUT2D eigenvalue weighted by molar-refractivity contribution is 0.545. The minimum absolute atomic E-state index is 0.389. The number of hydrogen-bond donors (Lipinski definition) is 2. The van der Waals surface area contributed by atoms with Gasteiger partial charge in [-0.15, -0.1) is 0 Å². The average molecular weight is 275 g/mol. The van der Waals surface area contributed by atoms with Crippen molar-refractivity contribution in [2.45, 2.75) is 25.9 Å². The minimum atomic E-state index is 0.389. The van der Waals surface area contributed by atoms with Gasteiger partial charge < -0.3 is 11.1 Å². The highest BCUT2D eigenvalue weighted by molar-refractivity contribution is 6.31. The van der Waals surface area contributed by atoms with Crippen molar-refractivity contribution in [1.29, 1.82) is 0 Å². The molecule has 2 aromatic carbocycles. The average Bonchev–Trinajstić information content (AvgIpc) is 2.40. The maximum atomic E-state index is 6.13. The Kier molecular flexibility index (Phi) is 4.83. The topological polar surface area (TPSA) is 38.0 Å². The highest BCUT2D eigenvalue weighted by Crippen LogP contribution is 2.15. The van der Waals surface area contributed by atoms with Gasteiger partial charge in [0.2, 0.25) is 0 Å². The van der Waals surface area contributed by atoms with Crippen molar-refractivity contribution in [3.8, 4) is 0 Å². The second-order valence-corrected chi connectivity index (χ2v) is 5.23. The molecule has 0 aliphatic heterocycles. The van der Waals surface area contributed by atoms with Gasteiger partial charge in [-0.2, -0.15) is 0 Å². The highest BCUT2D eigenvalue weighted by Gasteiger charge is 2.05. The maximum Gasteiger partial charge on any atom is 0.0450 e. The molecule has 0 fully saturated rings. The van der Waals surface area contributed by atoms with E-state index in [9.17, 15) is 0 Å². The Bertz CT molecular complexity index is 523. The van der Waals surface area contributed by atoms with Crippen LogP contribution in [0.15, 0.2) is 48.5 Å². The second kappa shape index (κ2) is 6.60. The van der Waals surface area contributed by atoms with Gasteiger partial charge >= 0.3 is 0 Å². The molecular weight excluding hydrogens is 256 g/mol. The fourth-order valence-electron chi connectivity index (χ4n) is 2.01. The lowest BCUT2D eigenvalue weighted by Gasteiger charge is -2.14. The molecule has 0 heterocycles. The van der Waals surface area contributed by atoms with E-state index in [1.54, 1.807) is 0 Å². The van der Waals surface area contributed by atoms with Gasteiger partial charge in [-0.05, 0) is 42.7 Å². The molecular formula is C16H19ClN2. The van der Waals surface area contributed by atoms with Crippen LogP contribution in [-0.4, -0.2) is 6.04 Å². The number of halogens is 1. The Morgan fingerprint density at radius 3 is 2.47 bits per heavy atom. The summed E-state index contributed by atoms with van der Waals surface area (Å²) in [6.07, 6.45) is 0.977. The lowest BCUT2D eigenvalue weighted by Crippen LogP contribution is -2.27. The first-order valence-corrected chi connectivity index (χ1v) is 6.84. The largest absolute Gasteiger partial charge is 0.399 e. The zero-order chi connectivity index (χ0) is 13.7. The van der Waals surface area contributed by atoms with Crippen molar-refractivity contribution in [2.75, 3.05) is 5.73 Å². The summed E-state index contributed by atoms with van der Waals surface area (Å²) in [5.74, 6) is 0. The van der Waals surface area contributed by atoms with E-state index >= 15 is 0 Å². The number of rotatable bonds is 5. The van der Waals surface area contributed by atoms with Crippen LogP contribution in [0, 0.1) is 0 Å². The van der Waals surface area contributed by atoms with Crippen LogP contribution in [0.2, 0.25) is 5.02 Å². The summed E-state index contributed by atoms with van der Waals surface area (Å²) in [5, 5.41) is 4.30. The number of nitrogens with two attached hydrogens (primary N) is 1. The molecule has 1 atom stereocenters. The number of nitrogens with one attached hydrogen (secondary N) is 1. The third-order valence-corrected chi connectivity index (χ3v) is 3.49. The van der Waals surface area contributed by atoms with Gasteiger partial charge in [0.15, 0.2) is 0 Å². The van der Waals surface area contributed by atoms with E-state index in [1.807, 2.05) is 36.4 Å². The van der Waals surface area contributed by atoms with Crippen molar-refractivity contribution in [1.82, 2.24) is 5.32 Å². The highest BCUT2D eigenvalue weighted by atomic mass is 35.5. The van der Waals surface area contributed by atoms with Gasteiger partial charge in [-0.1, -0.05) is 41.9 Å². The van der Waals surface area contributed by atoms with E-state index in [0.717, 1.165) is 29.2 Å². The molecule has 0 saturated heterocycles. The summed E-state index contributed by atoms with van der Waals surface area (Å²) in [6.45, 7) is 2.96. The van der Waals surface area contributed by atoms with Crippen LogP contribution in [0.5, 0.6) is 0 Å². The summed E-state index contributed by atoms with van der Waals surface area (Å²) in [7, 11) is 0. The molecule has 0 aliphatic carbocycles. The Balaban J connectivity index is 1.86. The zero-order valence-corrected chi connectivity index (χ0v) is 11.8. The minimum Gasteiger partial charge on any atom is -0.399 e. The first-order chi connectivity index (χ1) is 9.15. The summed E-state index contributed by atoms with van der Waals surface area (Å²) < 4.78 is 0. The molecule has 2 nitrogen and oxygen atoms in total. The van der Waals surface area contributed by atoms with Crippen LogP contribution in [0.4, 0.5) is 5.69 Å². The van der Waals surface area contributed by atoms with Crippen LogP contribution in [0.25, 0.3) is 0 Å². The zero-order valence-electron chi connectivity index (χ0n) is 11.1. The summed E-state index contributed by atoms with van der Waals surface area (Å²) in [5.41, 5.74) is 8.90. The first-order valence-electron chi connectivity index (χ1n) is 6.46. The van der Waals surface area contributed by atoms with Crippen molar-refractivity contribution in [3.05, 3.63) is 64.7 Å². The molecule has 0 spiro atoms. The first kappa shape index (κ1) is 13.9. The van der Waals surface area contributed by atoms with Crippen molar-refractivity contribution < 1.29 is 0 Å². The molecule has 0 aliphatic rings. The Hall–Kier alpha value is -1.51. The molecule has 1 unspecified atom stereocenters. The summed E-state index contributed by atoms with van der Waals surface area (Å²) in [6, 6.07) is 16.3. The number of benzene rings is 2. The van der Waals surface area contributed by atoms with Crippen molar-refractivity contribution in [2.24, 2.45) is 0 Å². The predicted molar refractivity (Wildman–Crippen MR) is 82.3 cm³/mol. The standard InChI is InChI=1S/C16H19ClN2/c1-12(10-13-6-8-15(18)9-7-13)19-11-14-4-2-3-5-16(14)17/h2-9,12,19H,10-11,18H2,1H3. The number of hydrogen-bond acceptors (Lipinski definition) is 2. The van der Waals surface area contributed by atoms with E-state index in [2.05, 4.69) is 24.4 Å². The number of anilines is 1. The SMILES string of the molecule is CC(Cc1ccc(N)cc1)NCc1ccccc1Cl. The van der Waals surface area contributed by atoms with Crippen molar-refractivity contribution in [3.63, 3.8) is 0 Å². The third kappa shape index (κ3) is 4.27. The lowest BCUT2D eigenvalue weighted by atomic mass is 10.1. The fourth-order valence-corrected chi connectivity index (χ4v) is 2.21. The Labute approximate surface area is 119 Å². The molecule has 19 heavy (non-hydrogen) atoms. The van der Waals surface area contributed by atoms with Crippen LogP contribution < -0.4 is 11.1 Å². The smallest absolute Gasteiger partial charge is 0.0450 e. The molecule has 3 heteroatoms. The number of nitrogen functional groups attached to an aromatic ring is 1. The fraction of sp³-hybridized carbons (Fsp3) is 0.250. The second-order valence-electron chi connectivity index (χ2n) is 4.82. The van der Waals surface area contributed by atoms with Gasteiger partial charge in [0.05, 0.1) is 0 Å². The quantitative estimate of drug-likeness (QED) is 0.817. The molecule has 100 valence electrons. The molecule has 2 rings (SSSR count). The van der Waals surface area contributed by atoms with Crippen molar-refractivity contribution >= 4 is 17.3 Å². The van der Waals surface area contributed by atoms with Crippen LogP contribution >= 0.6 is 11.6 Å². The predicted octanol–water partition coefficient (Wildman–Crippen LogP) is 3.64. The van der Waals surface area contributed by atoms with Crippen LogP contribution in [-0.2, 0) is 13.0 Å². The molecule has 2 aromatic rings. The normalized spacial score (nSPS) is 12.3. The molecule has 0 bridgehead atoms. The monoisotopic (exact) mass is 274 g/mol. The van der Waals surface area contributed by atoms with Gasteiger partial charge in [0.1, 0.15) is 0 Å². The van der Waals surface area contributed by atoms with Gasteiger partial charge in [0.25, 0.3) is 0 Å². The van der Waals surface area contributed by atoms with E-state index in [1.165, 1.54) is 5.56 Å². The van der Waals surface area contributed by atoms with Crippen LogP contribution in [0.1, 0.15) is 18.1 Å². The van der Waals surface area contributed by atoms with E-state index in [4.69, 9.17) is 17.3 Å². The summed E-state index contributed by atoms with van der Waals surface area (Å²) >= 11 is 6.13. The van der Waals surface area contributed by atoms with E-state index in [-0.39, 0.29) is 0 Å². The Morgan fingerprint density at radius 2 is 1.79 bits per heavy atom. The van der Waals surface area contributed by atoms with Gasteiger partial charge in [-0.3, -0.25) is 0 Å². The molecule has 0 aromatic heterocycles. The van der Waals surface area contributed by atoms with Gasteiger partial charge in [0, 0.05) is 23.3 Å². The Morgan fingerprint density at radius 1 is 1.11 bits per heavy atom.